The van der Waals surface area contributed by atoms with E-state index in [0.717, 1.165) is 38.8 Å². The summed E-state index contributed by atoms with van der Waals surface area (Å²) < 4.78 is 5.70. The van der Waals surface area contributed by atoms with E-state index in [0.29, 0.717) is 11.9 Å². The monoisotopic (exact) mass is 281 g/mol. The zero-order valence-electron chi connectivity index (χ0n) is 12.1. The second kappa shape index (κ2) is 6.69. The summed E-state index contributed by atoms with van der Waals surface area (Å²) in [5.41, 5.74) is 5.44. The molecule has 1 aromatic rings. The van der Waals surface area contributed by atoms with Crippen LogP contribution in [0.25, 0.3) is 0 Å². The van der Waals surface area contributed by atoms with Gasteiger partial charge in [-0.2, -0.15) is 0 Å². The van der Waals surface area contributed by atoms with E-state index in [9.17, 15) is 4.79 Å². The lowest BCUT2D eigenvalue weighted by molar-refractivity contribution is -0.119. The van der Waals surface area contributed by atoms with Crippen LogP contribution in [-0.2, 0) is 4.79 Å². The Morgan fingerprint density at radius 3 is 3.05 bits per heavy atom. The molecule has 112 valence electrons. The normalized spacial score (nSPS) is 20.9. The maximum Gasteiger partial charge on any atom is 0.318 e. The van der Waals surface area contributed by atoms with Gasteiger partial charge in [0, 0.05) is 6.54 Å². The third-order valence-electron chi connectivity index (χ3n) is 3.58. The van der Waals surface area contributed by atoms with Gasteiger partial charge in [-0.25, -0.2) is 0 Å². The Morgan fingerprint density at radius 2 is 2.35 bits per heavy atom. The average molecular weight is 281 g/mol. The van der Waals surface area contributed by atoms with Crippen LogP contribution in [0.3, 0.4) is 0 Å². The predicted octanol–water partition coefficient (Wildman–Crippen LogP) is 0.974. The van der Waals surface area contributed by atoms with Gasteiger partial charge in [0.2, 0.25) is 11.8 Å². The lowest BCUT2D eigenvalue weighted by atomic mass is 10.0. The number of hydrogen-bond acceptors (Lipinski definition) is 6. The minimum atomic E-state index is -0.337. The van der Waals surface area contributed by atoms with Crippen LogP contribution >= 0.6 is 0 Å². The van der Waals surface area contributed by atoms with E-state index in [1.165, 1.54) is 0 Å². The second-order valence-corrected chi connectivity index (χ2v) is 5.21. The molecule has 0 aromatic carbocycles. The molecule has 2 atom stereocenters. The van der Waals surface area contributed by atoms with E-state index in [-0.39, 0.29) is 18.0 Å². The summed E-state index contributed by atoms with van der Waals surface area (Å²) in [6.45, 7) is 5.71. The fraction of sp³-hybridized carbons (Fsp3) is 0.769. The van der Waals surface area contributed by atoms with Gasteiger partial charge in [-0.15, -0.1) is 5.10 Å². The lowest BCUT2D eigenvalue weighted by Crippen LogP contribution is -2.48. The van der Waals surface area contributed by atoms with Crippen LogP contribution in [0.5, 0.6) is 0 Å². The summed E-state index contributed by atoms with van der Waals surface area (Å²) in [4.78, 5) is 13.3. The molecule has 1 fully saturated rings. The van der Waals surface area contributed by atoms with Crippen molar-refractivity contribution in [2.24, 2.45) is 5.73 Å². The Morgan fingerprint density at radius 1 is 1.55 bits per heavy atom. The third kappa shape index (κ3) is 3.27. The van der Waals surface area contributed by atoms with Gasteiger partial charge in [-0.1, -0.05) is 12.0 Å². The van der Waals surface area contributed by atoms with Gasteiger partial charge in [0.1, 0.15) is 6.04 Å². The number of amides is 1. The van der Waals surface area contributed by atoms with Gasteiger partial charge >= 0.3 is 6.01 Å². The Bertz CT molecular complexity index is 448. The fourth-order valence-electron chi connectivity index (χ4n) is 2.42. The highest BCUT2D eigenvalue weighted by atomic mass is 16.4. The Hall–Kier alpha value is -1.63. The first-order valence-corrected chi connectivity index (χ1v) is 7.26. The summed E-state index contributed by atoms with van der Waals surface area (Å²) in [6, 6.07) is 0.0672. The van der Waals surface area contributed by atoms with Gasteiger partial charge in [0.25, 0.3) is 0 Å². The smallest absolute Gasteiger partial charge is 0.318 e. The first-order chi connectivity index (χ1) is 9.63. The Labute approximate surface area is 118 Å². The number of hydrogen-bond donors (Lipinski definition) is 2. The molecule has 0 spiro atoms. The molecular weight excluding hydrogens is 258 g/mol. The summed E-state index contributed by atoms with van der Waals surface area (Å²) >= 11 is 0. The average Bonchev–Trinajstić information content (AvgIpc) is 2.94. The van der Waals surface area contributed by atoms with Crippen molar-refractivity contribution in [3.8, 4) is 0 Å². The van der Waals surface area contributed by atoms with Gasteiger partial charge in [-0.05, 0) is 39.2 Å². The van der Waals surface area contributed by atoms with Crippen LogP contribution in [-0.4, -0.2) is 35.2 Å². The molecule has 2 heterocycles. The number of primary amides is 1. The van der Waals surface area contributed by atoms with Gasteiger partial charge in [0.15, 0.2) is 0 Å². The summed E-state index contributed by atoms with van der Waals surface area (Å²) in [5.74, 6) is 0.212. The molecule has 0 radical (unpaired) electrons. The van der Waals surface area contributed by atoms with E-state index in [1.54, 1.807) is 0 Å². The van der Waals surface area contributed by atoms with Gasteiger partial charge < -0.3 is 20.4 Å². The van der Waals surface area contributed by atoms with Crippen LogP contribution in [0.15, 0.2) is 4.42 Å². The van der Waals surface area contributed by atoms with Crippen LogP contribution in [0.2, 0.25) is 0 Å². The molecule has 1 aliphatic rings. The van der Waals surface area contributed by atoms with E-state index >= 15 is 0 Å². The molecule has 0 saturated carbocycles. The van der Waals surface area contributed by atoms with Crippen LogP contribution in [0, 0.1) is 0 Å². The minimum Gasteiger partial charge on any atom is -0.406 e. The molecule has 1 saturated heterocycles. The molecular formula is C13H23N5O2. The van der Waals surface area contributed by atoms with E-state index in [2.05, 4.69) is 22.4 Å². The molecule has 7 nitrogen and oxygen atoms in total. The van der Waals surface area contributed by atoms with Gasteiger partial charge in [-0.3, -0.25) is 4.79 Å². The molecule has 7 heteroatoms. The van der Waals surface area contributed by atoms with E-state index in [1.807, 2.05) is 11.8 Å². The highest BCUT2D eigenvalue weighted by Gasteiger charge is 2.30. The molecule has 20 heavy (non-hydrogen) atoms. The third-order valence-corrected chi connectivity index (χ3v) is 3.58. The van der Waals surface area contributed by atoms with Crippen molar-refractivity contribution >= 4 is 11.9 Å². The Balaban J connectivity index is 2.08. The van der Waals surface area contributed by atoms with Crippen molar-refractivity contribution < 1.29 is 9.21 Å². The highest BCUT2D eigenvalue weighted by Crippen LogP contribution is 2.25. The molecule has 2 rings (SSSR count). The zero-order chi connectivity index (χ0) is 14.5. The SMILES string of the molecule is CCCNC(C)c1nnc(N2CCCCC2C(N)=O)o1. The maximum absolute atomic E-state index is 11.5. The highest BCUT2D eigenvalue weighted by molar-refractivity contribution is 5.83. The van der Waals surface area contributed by atoms with Crippen molar-refractivity contribution in [3.05, 3.63) is 5.89 Å². The van der Waals surface area contributed by atoms with Crippen molar-refractivity contribution in [3.63, 3.8) is 0 Å². The zero-order valence-corrected chi connectivity index (χ0v) is 12.1. The number of nitrogens with zero attached hydrogens (tertiary/aromatic N) is 3. The van der Waals surface area contributed by atoms with Crippen LogP contribution in [0.1, 0.15) is 51.5 Å². The standard InChI is InChI=1S/C13H23N5O2/c1-3-7-15-9(2)12-16-17-13(20-12)18-8-5-4-6-10(18)11(14)19/h9-10,15H,3-8H2,1-2H3,(H2,14,19). The van der Waals surface area contributed by atoms with E-state index < -0.39 is 0 Å². The molecule has 1 amide bonds. The van der Waals surface area contributed by atoms with Crippen LogP contribution in [0.4, 0.5) is 6.01 Å². The second-order valence-electron chi connectivity index (χ2n) is 5.21. The van der Waals surface area contributed by atoms with E-state index in [4.69, 9.17) is 10.2 Å². The molecule has 1 aromatic heterocycles. The molecule has 2 unspecified atom stereocenters. The topological polar surface area (TPSA) is 97.3 Å². The number of nitrogens with one attached hydrogen (secondary N) is 1. The van der Waals surface area contributed by atoms with Crippen molar-refractivity contribution in [2.45, 2.75) is 51.6 Å². The number of aromatic nitrogens is 2. The van der Waals surface area contributed by atoms with Crippen molar-refractivity contribution in [1.82, 2.24) is 15.5 Å². The quantitative estimate of drug-likeness (QED) is 0.806. The molecule has 0 aliphatic carbocycles. The molecule has 1 aliphatic heterocycles. The molecule has 3 N–H and O–H groups in total. The lowest BCUT2D eigenvalue weighted by Gasteiger charge is -2.31. The minimum absolute atomic E-state index is 0.00742. The van der Waals surface area contributed by atoms with Gasteiger partial charge in [0.05, 0.1) is 6.04 Å². The fourth-order valence-corrected chi connectivity index (χ4v) is 2.42. The number of carbonyl (C=O) groups is 1. The number of anilines is 1. The summed E-state index contributed by atoms with van der Waals surface area (Å²) in [7, 11) is 0. The van der Waals surface area contributed by atoms with Crippen molar-refractivity contribution in [2.75, 3.05) is 18.0 Å². The molecule has 0 bridgehead atoms. The first kappa shape index (κ1) is 14.8. The Kier molecular flexibility index (Phi) is 4.94. The van der Waals surface area contributed by atoms with Crippen molar-refractivity contribution in [1.29, 1.82) is 0 Å². The number of carbonyl (C=O) groups excluding carboxylic acids is 1. The number of piperidine rings is 1. The largest absolute Gasteiger partial charge is 0.406 e. The first-order valence-electron chi connectivity index (χ1n) is 7.26. The maximum atomic E-state index is 11.5. The van der Waals surface area contributed by atoms with Crippen LogP contribution < -0.4 is 16.0 Å². The number of rotatable bonds is 6. The summed E-state index contributed by atoms with van der Waals surface area (Å²) in [5, 5.41) is 11.4. The summed E-state index contributed by atoms with van der Waals surface area (Å²) in [6.07, 6.45) is 3.79. The predicted molar refractivity (Wildman–Crippen MR) is 75.2 cm³/mol. The number of nitrogens with two attached hydrogens (primary N) is 1.